The van der Waals surface area contributed by atoms with Crippen LogP contribution < -0.4 is 5.73 Å². The van der Waals surface area contributed by atoms with Gasteiger partial charge < -0.3 is 10.5 Å². The van der Waals surface area contributed by atoms with E-state index >= 15 is 0 Å². The molecule has 0 aromatic rings. The summed E-state index contributed by atoms with van der Waals surface area (Å²) in [5, 5.41) is 0. The molecule has 0 aliphatic rings. The van der Waals surface area contributed by atoms with E-state index in [9.17, 15) is 9.59 Å². The number of carbonyl (C=O) groups is 2. The molecule has 2 N–H and O–H groups in total. The number of nitrogens with two attached hydrogens (primary N) is 1. The monoisotopic (exact) mass is 266 g/mol. The Balaban J connectivity index is 4.04. The van der Waals surface area contributed by atoms with Crippen LogP contribution in [0.4, 0.5) is 0 Å². The first kappa shape index (κ1) is 13.4. The minimum atomic E-state index is -0.424. The Morgan fingerprint density at radius 2 is 2.14 bits per heavy atom. The summed E-state index contributed by atoms with van der Waals surface area (Å²) in [5.74, 6) is -0.760. The molecule has 1 unspecified atom stereocenters. The molecule has 14 heavy (non-hydrogen) atoms. The van der Waals surface area contributed by atoms with E-state index in [-0.39, 0.29) is 12.5 Å². The van der Waals surface area contributed by atoms with E-state index in [0.717, 1.165) is 0 Å². The van der Waals surface area contributed by atoms with Gasteiger partial charge in [0.15, 0.2) is 0 Å². The zero-order chi connectivity index (χ0) is 11.1. The number of primary amides is 1. The van der Waals surface area contributed by atoms with Crippen LogP contribution in [-0.2, 0) is 14.3 Å². The molecule has 0 rings (SSSR count). The van der Waals surface area contributed by atoms with Gasteiger partial charge in [0.05, 0.1) is 13.7 Å². The number of methoxy groups -OCH3 is 1. The standard InChI is InChI=1S/C8H15BrN2O3/c1-3-11(5-7(10)12)4-6(9)8(13)14-2/h6H,3-5H2,1-2H3,(H2,10,12). The summed E-state index contributed by atoms with van der Waals surface area (Å²) in [7, 11) is 1.32. The second-order valence-electron chi connectivity index (χ2n) is 2.78. The van der Waals surface area contributed by atoms with Crippen LogP contribution in [0, 0.1) is 0 Å². The van der Waals surface area contributed by atoms with Gasteiger partial charge in [0.2, 0.25) is 5.91 Å². The Hall–Kier alpha value is -0.620. The lowest BCUT2D eigenvalue weighted by molar-refractivity contribution is -0.140. The first-order chi connectivity index (χ1) is 6.51. The molecule has 0 radical (unpaired) electrons. The van der Waals surface area contributed by atoms with Gasteiger partial charge in [-0.05, 0) is 6.54 Å². The number of carbonyl (C=O) groups excluding carboxylic acids is 2. The molecule has 0 bridgehead atoms. The fourth-order valence-electron chi connectivity index (χ4n) is 0.955. The molecular weight excluding hydrogens is 252 g/mol. The number of esters is 1. The smallest absolute Gasteiger partial charge is 0.320 e. The number of alkyl halides is 1. The summed E-state index contributed by atoms with van der Waals surface area (Å²) < 4.78 is 4.53. The first-order valence-electron chi connectivity index (χ1n) is 4.23. The number of rotatable bonds is 6. The zero-order valence-electron chi connectivity index (χ0n) is 8.33. The number of ether oxygens (including phenoxy) is 1. The first-order valence-corrected chi connectivity index (χ1v) is 5.15. The van der Waals surface area contributed by atoms with Gasteiger partial charge >= 0.3 is 5.97 Å². The van der Waals surface area contributed by atoms with Crippen LogP contribution in [0.3, 0.4) is 0 Å². The summed E-state index contributed by atoms with van der Waals surface area (Å²) in [6.07, 6.45) is 0. The maximum Gasteiger partial charge on any atom is 0.320 e. The molecule has 5 nitrogen and oxygen atoms in total. The maximum absolute atomic E-state index is 11.0. The van der Waals surface area contributed by atoms with Crippen LogP contribution in [0.5, 0.6) is 0 Å². The predicted octanol–water partition coefficient (Wildman–Crippen LogP) is -0.270. The summed E-state index contributed by atoms with van der Waals surface area (Å²) in [6, 6.07) is 0. The summed E-state index contributed by atoms with van der Waals surface area (Å²) in [5.41, 5.74) is 5.04. The van der Waals surface area contributed by atoms with E-state index in [1.807, 2.05) is 6.92 Å². The largest absolute Gasteiger partial charge is 0.468 e. The van der Waals surface area contributed by atoms with Gasteiger partial charge in [-0.15, -0.1) is 0 Å². The van der Waals surface area contributed by atoms with Crippen molar-refractivity contribution >= 4 is 27.8 Å². The third kappa shape index (κ3) is 5.18. The van der Waals surface area contributed by atoms with Crippen molar-refractivity contribution in [2.75, 3.05) is 26.7 Å². The van der Waals surface area contributed by atoms with Gasteiger partial charge in [-0.3, -0.25) is 14.5 Å². The Morgan fingerprint density at radius 1 is 1.57 bits per heavy atom. The molecule has 0 saturated carbocycles. The number of hydrogen-bond acceptors (Lipinski definition) is 4. The average molecular weight is 267 g/mol. The van der Waals surface area contributed by atoms with Crippen LogP contribution in [0.2, 0.25) is 0 Å². The van der Waals surface area contributed by atoms with Crippen molar-refractivity contribution in [3.8, 4) is 0 Å². The second-order valence-corrected chi connectivity index (χ2v) is 3.89. The van der Waals surface area contributed by atoms with Crippen molar-refractivity contribution in [3.05, 3.63) is 0 Å². The molecule has 1 atom stereocenters. The molecule has 0 aromatic heterocycles. The molecule has 0 saturated heterocycles. The molecule has 0 spiro atoms. The highest BCUT2D eigenvalue weighted by Crippen LogP contribution is 2.04. The van der Waals surface area contributed by atoms with Crippen molar-refractivity contribution < 1.29 is 14.3 Å². The van der Waals surface area contributed by atoms with Crippen LogP contribution >= 0.6 is 15.9 Å². The third-order valence-corrected chi connectivity index (χ3v) is 2.37. The lowest BCUT2D eigenvalue weighted by Gasteiger charge is -2.20. The average Bonchev–Trinajstić information content (AvgIpc) is 2.14. The van der Waals surface area contributed by atoms with Crippen molar-refractivity contribution in [2.24, 2.45) is 5.73 Å². The Kier molecular flexibility index (Phi) is 6.48. The highest BCUT2D eigenvalue weighted by molar-refractivity contribution is 9.10. The highest BCUT2D eigenvalue weighted by Gasteiger charge is 2.19. The van der Waals surface area contributed by atoms with Gasteiger partial charge in [0.25, 0.3) is 0 Å². The van der Waals surface area contributed by atoms with E-state index in [2.05, 4.69) is 20.7 Å². The summed E-state index contributed by atoms with van der Waals surface area (Å²) in [6.45, 7) is 3.10. The van der Waals surface area contributed by atoms with Gasteiger partial charge in [-0.2, -0.15) is 0 Å². The fourth-order valence-corrected chi connectivity index (χ4v) is 1.55. The van der Waals surface area contributed by atoms with Crippen molar-refractivity contribution in [1.82, 2.24) is 4.90 Å². The molecule has 0 aliphatic heterocycles. The van der Waals surface area contributed by atoms with Crippen molar-refractivity contribution in [2.45, 2.75) is 11.8 Å². The number of hydrogen-bond donors (Lipinski definition) is 1. The third-order valence-electron chi connectivity index (χ3n) is 1.70. The van der Waals surface area contributed by atoms with Crippen LogP contribution in [0.15, 0.2) is 0 Å². The van der Waals surface area contributed by atoms with E-state index in [4.69, 9.17) is 5.73 Å². The number of nitrogens with zero attached hydrogens (tertiary/aromatic N) is 1. The molecular formula is C8H15BrN2O3. The minimum Gasteiger partial charge on any atom is -0.468 e. The van der Waals surface area contributed by atoms with E-state index in [1.165, 1.54) is 7.11 Å². The lowest BCUT2D eigenvalue weighted by Crippen LogP contribution is -2.39. The summed E-state index contributed by atoms with van der Waals surface area (Å²) in [4.78, 5) is 23.0. The molecule has 1 amide bonds. The van der Waals surface area contributed by atoms with Crippen LogP contribution in [-0.4, -0.2) is 48.3 Å². The number of amides is 1. The fraction of sp³-hybridized carbons (Fsp3) is 0.750. The quantitative estimate of drug-likeness (QED) is 0.531. The number of likely N-dealkylation sites (N-methyl/N-ethyl adjacent to an activating group) is 1. The summed E-state index contributed by atoms with van der Waals surface area (Å²) >= 11 is 3.17. The van der Waals surface area contributed by atoms with Gasteiger partial charge in [-0.1, -0.05) is 22.9 Å². The lowest BCUT2D eigenvalue weighted by atomic mass is 10.3. The maximum atomic E-state index is 11.0. The normalized spacial score (nSPS) is 12.6. The molecule has 82 valence electrons. The topological polar surface area (TPSA) is 72.6 Å². The van der Waals surface area contributed by atoms with Crippen LogP contribution in [0.25, 0.3) is 0 Å². The predicted molar refractivity (Wildman–Crippen MR) is 56.0 cm³/mol. The molecule has 6 heteroatoms. The SMILES string of the molecule is CCN(CC(N)=O)CC(Br)C(=O)OC. The highest BCUT2D eigenvalue weighted by atomic mass is 79.9. The molecule has 0 aromatic carbocycles. The zero-order valence-corrected chi connectivity index (χ0v) is 9.91. The Labute approximate surface area is 91.7 Å². The van der Waals surface area contributed by atoms with Crippen molar-refractivity contribution in [3.63, 3.8) is 0 Å². The number of halogens is 1. The van der Waals surface area contributed by atoms with Gasteiger partial charge in [0.1, 0.15) is 4.83 Å². The van der Waals surface area contributed by atoms with Crippen molar-refractivity contribution in [1.29, 1.82) is 0 Å². The van der Waals surface area contributed by atoms with E-state index in [1.54, 1.807) is 4.90 Å². The molecule has 0 aliphatic carbocycles. The Bertz CT molecular complexity index is 211. The second kappa shape index (κ2) is 6.78. The molecule has 0 heterocycles. The Morgan fingerprint density at radius 3 is 2.50 bits per heavy atom. The van der Waals surface area contributed by atoms with Gasteiger partial charge in [0, 0.05) is 6.54 Å². The minimum absolute atomic E-state index is 0.148. The van der Waals surface area contributed by atoms with E-state index in [0.29, 0.717) is 13.1 Å². The van der Waals surface area contributed by atoms with Crippen LogP contribution in [0.1, 0.15) is 6.92 Å². The van der Waals surface area contributed by atoms with Gasteiger partial charge in [-0.25, -0.2) is 0 Å². The van der Waals surface area contributed by atoms with E-state index < -0.39 is 10.7 Å². The molecule has 0 fully saturated rings.